The molecule has 82 valence electrons. The van der Waals surface area contributed by atoms with E-state index in [1.807, 2.05) is 6.92 Å². The van der Waals surface area contributed by atoms with Crippen LogP contribution in [-0.4, -0.2) is 24.7 Å². The highest BCUT2D eigenvalue weighted by atomic mass is 16.2. The Hall–Kier alpha value is -0.770. The molecule has 0 saturated heterocycles. The van der Waals surface area contributed by atoms with E-state index < -0.39 is 0 Å². The van der Waals surface area contributed by atoms with E-state index in [0.717, 1.165) is 32.2 Å². The zero-order valence-electron chi connectivity index (χ0n) is 8.88. The summed E-state index contributed by atoms with van der Waals surface area (Å²) in [5.41, 5.74) is 5.59. The van der Waals surface area contributed by atoms with Crippen molar-refractivity contribution in [3.63, 3.8) is 0 Å². The minimum absolute atomic E-state index is 0.0284. The number of rotatable bonds is 5. The van der Waals surface area contributed by atoms with Gasteiger partial charge in [0, 0.05) is 18.6 Å². The maximum absolute atomic E-state index is 11.2. The Morgan fingerprint density at radius 2 is 2.29 bits per heavy atom. The van der Waals surface area contributed by atoms with Gasteiger partial charge in [-0.05, 0) is 39.0 Å². The predicted molar refractivity (Wildman–Crippen MR) is 57.1 cm³/mol. The van der Waals surface area contributed by atoms with Gasteiger partial charge in [-0.1, -0.05) is 0 Å². The Morgan fingerprint density at radius 3 is 2.79 bits per heavy atom. The van der Waals surface area contributed by atoms with E-state index in [1.165, 1.54) is 6.42 Å². The zero-order chi connectivity index (χ0) is 10.4. The second kappa shape index (κ2) is 5.86. The summed E-state index contributed by atoms with van der Waals surface area (Å²) in [7, 11) is 0. The molecule has 1 unspecified atom stereocenters. The molecule has 0 aromatic rings. The topological polar surface area (TPSA) is 67.1 Å². The fraction of sp³-hybridized carbons (Fsp3) is 0.900. The lowest BCUT2D eigenvalue weighted by atomic mass is 9.93. The molecule has 14 heavy (non-hydrogen) atoms. The molecule has 1 fully saturated rings. The number of amides is 2. The molecule has 0 aromatic heterocycles. The van der Waals surface area contributed by atoms with Gasteiger partial charge in [0.25, 0.3) is 0 Å². The SMILES string of the molecule is CC(N)CCCNC(=O)NC1CCC1. The van der Waals surface area contributed by atoms with Gasteiger partial charge in [0.2, 0.25) is 0 Å². The van der Waals surface area contributed by atoms with Crippen molar-refractivity contribution < 1.29 is 4.79 Å². The third-order valence-corrected chi connectivity index (χ3v) is 2.56. The lowest BCUT2D eigenvalue weighted by Gasteiger charge is -2.26. The molecule has 0 aromatic carbocycles. The molecule has 0 radical (unpaired) electrons. The van der Waals surface area contributed by atoms with Crippen LogP contribution in [0.3, 0.4) is 0 Å². The summed E-state index contributed by atoms with van der Waals surface area (Å²) in [6.07, 6.45) is 5.43. The predicted octanol–water partition coefficient (Wildman–Crippen LogP) is 0.965. The highest BCUT2D eigenvalue weighted by Gasteiger charge is 2.18. The van der Waals surface area contributed by atoms with E-state index in [4.69, 9.17) is 5.73 Å². The first kappa shape index (κ1) is 11.3. The number of carbonyl (C=O) groups is 1. The van der Waals surface area contributed by atoms with Gasteiger partial charge < -0.3 is 16.4 Å². The van der Waals surface area contributed by atoms with Crippen molar-refractivity contribution in [2.45, 2.75) is 51.1 Å². The van der Waals surface area contributed by atoms with Crippen molar-refractivity contribution in [3.05, 3.63) is 0 Å². The molecule has 0 spiro atoms. The second-order valence-electron chi connectivity index (χ2n) is 4.15. The maximum atomic E-state index is 11.2. The highest BCUT2D eigenvalue weighted by Crippen LogP contribution is 2.17. The molecule has 4 heteroatoms. The van der Waals surface area contributed by atoms with Crippen molar-refractivity contribution in [2.24, 2.45) is 5.73 Å². The van der Waals surface area contributed by atoms with Crippen LogP contribution < -0.4 is 16.4 Å². The van der Waals surface area contributed by atoms with Crippen molar-refractivity contribution in [1.82, 2.24) is 10.6 Å². The highest BCUT2D eigenvalue weighted by molar-refractivity contribution is 5.74. The van der Waals surface area contributed by atoms with E-state index >= 15 is 0 Å². The lowest BCUT2D eigenvalue weighted by Crippen LogP contribution is -2.45. The molecule has 1 aliphatic carbocycles. The van der Waals surface area contributed by atoms with Gasteiger partial charge in [-0.15, -0.1) is 0 Å². The van der Waals surface area contributed by atoms with E-state index in [1.54, 1.807) is 0 Å². The summed E-state index contributed by atoms with van der Waals surface area (Å²) in [4.78, 5) is 11.2. The summed E-state index contributed by atoms with van der Waals surface area (Å²) in [6, 6.07) is 0.620. The van der Waals surface area contributed by atoms with Crippen molar-refractivity contribution in [2.75, 3.05) is 6.54 Å². The number of hydrogen-bond acceptors (Lipinski definition) is 2. The van der Waals surface area contributed by atoms with Crippen LogP contribution >= 0.6 is 0 Å². The molecule has 0 bridgehead atoms. The molecule has 1 rings (SSSR count). The standard InChI is InChI=1S/C10H21N3O/c1-8(11)4-3-7-12-10(14)13-9-5-2-6-9/h8-9H,2-7,11H2,1H3,(H2,12,13,14). The van der Waals surface area contributed by atoms with Crippen molar-refractivity contribution >= 4 is 6.03 Å². The van der Waals surface area contributed by atoms with Gasteiger partial charge in [-0.3, -0.25) is 0 Å². The summed E-state index contributed by atoms with van der Waals surface area (Å²) in [5, 5.41) is 5.75. The quantitative estimate of drug-likeness (QED) is 0.577. The van der Waals surface area contributed by atoms with Gasteiger partial charge in [0.1, 0.15) is 0 Å². The first-order valence-electron chi connectivity index (χ1n) is 5.48. The molecule has 1 aliphatic rings. The van der Waals surface area contributed by atoms with Gasteiger partial charge in [-0.25, -0.2) is 4.79 Å². The monoisotopic (exact) mass is 199 g/mol. The molecule has 2 amide bonds. The molecule has 4 nitrogen and oxygen atoms in total. The minimum Gasteiger partial charge on any atom is -0.338 e. The summed E-state index contributed by atoms with van der Waals surface area (Å²) < 4.78 is 0. The molecule has 1 saturated carbocycles. The second-order valence-corrected chi connectivity index (χ2v) is 4.15. The molecular weight excluding hydrogens is 178 g/mol. The molecule has 4 N–H and O–H groups in total. The Balaban J connectivity index is 1.92. The maximum Gasteiger partial charge on any atom is 0.315 e. The van der Waals surface area contributed by atoms with Gasteiger partial charge in [0.15, 0.2) is 0 Å². The van der Waals surface area contributed by atoms with Gasteiger partial charge in [-0.2, -0.15) is 0 Å². The number of urea groups is 1. The summed E-state index contributed by atoms with van der Waals surface area (Å²) >= 11 is 0. The molecule has 0 aliphatic heterocycles. The Labute approximate surface area is 85.6 Å². The van der Waals surface area contributed by atoms with Crippen LogP contribution in [0.25, 0.3) is 0 Å². The fourth-order valence-corrected chi connectivity index (χ4v) is 1.41. The molecule has 0 heterocycles. The van der Waals surface area contributed by atoms with Crippen molar-refractivity contribution in [3.8, 4) is 0 Å². The lowest BCUT2D eigenvalue weighted by molar-refractivity contribution is 0.228. The average molecular weight is 199 g/mol. The van der Waals surface area contributed by atoms with Crippen molar-refractivity contribution in [1.29, 1.82) is 0 Å². The fourth-order valence-electron chi connectivity index (χ4n) is 1.41. The number of nitrogens with two attached hydrogens (primary N) is 1. The average Bonchev–Trinajstić information content (AvgIpc) is 2.05. The molecule has 1 atom stereocenters. The normalized spacial score (nSPS) is 18.4. The van der Waals surface area contributed by atoms with E-state index in [-0.39, 0.29) is 12.1 Å². The summed E-state index contributed by atoms with van der Waals surface area (Å²) in [6.45, 7) is 2.70. The van der Waals surface area contributed by atoms with Crippen LogP contribution in [-0.2, 0) is 0 Å². The number of carbonyl (C=O) groups excluding carboxylic acids is 1. The zero-order valence-corrected chi connectivity index (χ0v) is 8.88. The first-order chi connectivity index (χ1) is 6.68. The Bertz CT molecular complexity index is 178. The van der Waals surface area contributed by atoms with E-state index in [0.29, 0.717) is 6.04 Å². The van der Waals surface area contributed by atoms with Crippen LogP contribution in [0.15, 0.2) is 0 Å². The smallest absolute Gasteiger partial charge is 0.315 e. The first-order valence-corrected chi connectivity index (χ1v) is 5.48. The van der Waals surface area contributed by atoms with E-state index in [2.05, 4.69) is 10.6 Å². The number of hydrogen-bond donors (Lipinski definition) is 3. The largest absolute Gasteiger partial charge is 0.338 e. The summed E-state index contributed by atoms with van der Waals surface area (Å²) in [5.74, 6) is 0. The van der Waals surface area contributed by atoms with Crippen LogP contribution in [0.4, 0.5) is 4.79 Å². The van der Waals surface area contributed by atoms with Gasteiger partial charge in [0.05, 0.1) is 0 Å². The van der Waals surface area contributed by atoms with Crippen LogP contribution in [0, 0.1) is 0 Å². The van der Waals surface area contributed by atoms with Gasteiger partial charge >= 0.3 is 6.03 Å². The molecular formula is C10H21N3O. The van der Waals surface area contributed by atoms with Crippen LogP contribution in [0.5, 0.6) is 0 Å². The van der Waals surface area contributed by atoms with Crippen LogP contribution in [0.1, 0.15) is 39.0 Å². The Kier molecular flexibility index (Phi) is 4.73. The van der Waals surface area contributed by atoms with Crippen LogP contribution in [0.2, 0.25) is 0 Å². The minimum atomic E-state index is -0.0284. The third-order valence-electron chi connectivity index (χ3n) is 2.56. The van der Waals surface area contributed by atoms with E-state index in [9.17, 15) is 4.79 Å². The number of nitrogens with one attached hydrogen (secondary N) is 2. The third kappa shape index (κ3) is 4.46. The Morgan fingerprint density at radius 1 is 1.57 bits per heavy atom.